The molecule has 4 rings (SSSR count). The van der Waals surface area contributed by atoms with E-state index in [0.717, 1.165) is 19.5 Å². The molecule has 1 heterocycles. The fourth-order valence-electron chi connectivity index (χ4n) is 3.88. The average Bonchev–Trinajstić information content (AvgIpc) is 3.31. The molecule has 1 atom stereocenters. The van der Waals surface area contributed by atoms with Gasteiger partial charge in [-0.15, -0.1) is 0 Å². The van der Waals surface area contributed by atoms with Crippen molar-refractivity contribution in [2.24, 2.45) is 4.99 Å². The van der Waals surface area contributed by atoms with Gasteiger partial charge in [0.1, 0.15) is 0 Å². The van der Waals surface area contributed by atoms with Gasteiger partial charge in [0.05, 0.1) is 18.9 Å². The van der Waals surface area contributed by atoms with Gasteiger partial charge < -0.3 is 4.90 Å². The maximum Gasteiger partial charge on any atom is 0.0857 e. The van der Waals surface area contributed by atoms with Crippen LogP contribution in [0.5, 0.6) is 0 Å². The second kappa shape index (κ2) is 14.1. The van der Waals surface area contributed by atoms with Crippen LogP contribution in [0.2, 0.25) is 0 Å². The summed E-state index contributed by atoms with van der Waals surface area (Å²) in [6, 6.07) is 26.3. The molecule has 1 aliphatic heterocycles. The summed E-state index contributed by atoms with van der Waals surface area (Å²) in [5.41, 5.74) is 5.29. The first-order valence-corrected chi connectivity index (χ1v) is 12.3. The van der Waals surface area contributed by atoms with Crippen molar-refractivity contribution < 1.29 is 0 Å². The van der Waals surface area contributed by atoms with Crippen LogP contribution in [0, 0.1) is 0 Å². The average molecular weight is 441 g/mol. The van der Waals surface area contributed by atoms with E-state index in [1.54, 1.807) is 0 Å². The molecule has 0 saturated carbocycles. The van der Waals surface area contributed by atoms with Gasteiger partial charge in [0, 0.05) is 6.54 Å². The van der Waals surface area contributed by atoms with E-state index in [9.17, 15) is 0 Å². The zero-order chi connectivity index (χ0) is 24.1. The van der Waals surface area contributed by atoms with Gasteiger partial charge in [-0.2, -0.15) is 0 Å². The predicted octanol–water partition coefficient (Wildman–Crippen LogP) is 8.54. The lowest BCUT2D eigenvalue weighted by molar-refractivity contribution is 0.341. The molecular formula is C31H40N2. The van der Waals surface area contributed by atoms with Crippen molar-refractivity contribution in [1.29, 1.82) is 0 Å². The Morgan fingerprint density at radius 1 is 0.848 bits per heavy atom. The molecule has 0 radical (unpaired) electrons. The molecule has 0 amide bonds. The number of allylic oxidation sites excluding steroid dienone is 3. The van der Waals surface area contributed by atoms with Gasteiger partial charge in [0.25, 0.3) is 0 Å². The van der Waals surface area contributed by atoms with E-state index in [1.165, 1.54) is 33.0 Å². The Balaban J connectivity index is 0.000000914. The first-order chi connectivity index (χ1) is 16.2. The van der Waals surface area contributed by atoms with Crippen LogP contribution in [0.3, 0.4) is 0 Å². The lowest BCUT2D eigenvalue weighted by Gasteiger charge is -2.24. The first-order valence-electron chi connectivity index (χ1n) is 12.3. The summed E-state index contributed by atoms with van der Waals surface area (Å²) in [6.45, 7) is 14.2. The molecular weight excluding hydrogens is 400 g/mol. The Labute approximate surface area is 201 Å². The molecule has 0 bridgehead atoms. The number of hydrogen-bond acceptors (Lipinski definition) is 2. The molecule has 0 saturated heterocycles. The summed E-state index contributed by atoms with van der Waals surface area (Å²) in [4.78, 5) is 6.94. The van der Waals surface area contributed by atoms with Gasteiger partial charge in [0.2, 0.25) is 0 Å². The number of benzene rings is 3. The molecule has 1 aliphatic rings. The highest BCUT2D eigenvalue weighted by molar-refractivity contribution is 5.83. The maximum atomic E-state index is 4.56. The van der Waals surface area contributed by atoms with E-state index in [4.69, 9.17) is 0 Å². The van der Waals surface area contributed by atoms with E-state index in [-0.39, 0.29) is 0 Å². The van der Waals surface area contributed by atoms with Gasteiger partial charge in [-0.3, -0.25) is 4.99 Å². The Morgan fingerprint density at radius 3 is 2.24 bits per heavy atom. The minimum Gasteiger partial charge on any atom is -0.353 e. The SMILES string of the molecule is C/C(=C\C=C(/C)c1ccccc1)CC1CN=CN1Cc1ccc2ccccc2c1.CC.CC. The Morgan fingerprint density at radius 2 is 1.52 bits per heavy atom. The summed E-state index contributed by atoms with van der Waals surface area (Å²) < 4.78 is 0. The fourth-order valence-corrected chi connectivity index (χ4v) is 3.88. The molecule has 0 spiro atoms. The van der Waals surface area contributed by atoms with Crippen LogP contribution >= 0.6 is 0 Å². The van der Waals surface area contributed by atoms with E-state index in [0.29, 0.717) is 6.04 Å². The van der Waals surface area contributed by atoms with Crippen molar-refractivity contribution in [3.8, 4) is 0 Å². The Bertz CT molecular complexity index is 1060. The largest absolute Gasteiger partial charge is 0.353 e. The monoisotopic (exact) mass is 440 g/mol. The third-order valence-corrected chi connectivity index (χ3v) is 5.60. The van der Waals surface area contributed by atoms with Crippen molar-refractivity contribution in [2.45, 2.75) is 60.5 Å². The summed E-state index contributed by atoms with van der Waals surface area (Å²) in [6.07, 6.45) is 7.55. The van der Waals surface area contributed by atoms with Crippen LogP contribution < -0.4 is 0 Å². The molecule has 174 valence electrons. The summed E-state index contributed by atoms with van der Waals surface area (Å²) in [7, 11) is 0. The minimum absolute atomic E-state index is 0.433. The van der Waals surface area contributed by atoms with Crippen LogP contribution in [0.4, 0.5) is 0 Å². The van der Waals surface area contributed by atoms with Crippen molar-refractivity contribution in [3.63, 3.8) is 0 Å². The minimum atomic E-state index is 0.433. The van der Waals surface area contributed by atoms with Crippen molar-refractivity contribution >= 4 is 22.7 Å². The molecule has 0 aromatic heterocycles. The van der Waals surface area contributed by atoms with Gasteiger partial charge >= 0.3 is 0 Å². The number of hydrogen-bond donors (Lipinski definition) is 0. The summed E-state index contributed by atoms with van der Waals surface area (Å²) in [5, 5.41) is 2.59. The van der Waals surface area contributed by atoms with E-state index >= 15 is 0 Å². The number of nitrogens with zero attached hydrogens (tertiary/aromatic N) is 2. The summed E-state index contributed by atoms with van der Waals surface area (Å²) >= 11 is 0. The molecule has 0 fully saturated rings. The molecule has 0 N–H and O–H groups in total. The van der Waals surface area contributed by atoms with Crippen molar-refractivity contribution in [1.82, 2.24) is 4.90 Å². The Kier molecular flexibility index (Phi) is 11.2. The van der Waals surface area contributed by atoms with Gasteiger partial charge in [0.15, 0.2) is 0 Å². The highest BCUT2D eigenvalue weighted by Crippen LogP contribution is 2.21. The molecule has 0 aliphatic carbocycles. The normalized spacial score (nSPS) is 15.6. The van der Waals surface area contributed by atoms with E-state index in [1.807, 2.05) is 34.0 Å². The van der Waals surface area contributed by atoms with Crippen LogP contribution in [-0.2, 0) is 6.54 Å². The van der Waals surface area contributed by atoms with Gasteiger partial charge in [-0.05, 0) is 53.8 Å². The molecule has 3 aromatic carbocycles. The van der Waals surface area contributed by atoms with Crippen LogP contribution in [0.15, 0.2) is 95.5 Å². The van der Waals surface area contributed by atoms with Crippen molar-refractivity contribution in [2.75, 3.05) is 6.54 Å². The molecule has 2 nitrogen and oxygen atoms in total. The standard InChI is InChI=1S/C27H28N2.2C2H6/c1-21(12-13-22(2)24-8-4-3-5-9-24)16-27-18-28-20-29(27)19-23-14-15-25-10-6-7-11-26(25)17-23;2*1-2/h3-15,17,20,27H,16,18-19H2,1-2H3;2*1-2H3/b21-12+,22-13+;;. The van der Waals surface area contributed by atoms with Gasteiger partial charge in [-0.1, -0.05) is 112 Å². The van der Waals surface area contributed by atoms with Crippen LogP contribution in [-0.4, -0.2) is 23.8 Å². The topological polar surface area (TPSA) is 15.6 Å². The van der Waals surface area contributed by atoms with Crippen LogP contribution in [0.25, 0.3) is 16.3 Å². The number of fused-ring (bicyclic) bond motifs is 1. The quantitative estimate of drug-likeness (QED) is 0.351. The molecule has 3 aromatic rings. The lowest BCUT2D eigenvalue weighted by atomic mass is 10.0. The predicted molar refractivity (Wildman–Crippen MR) is 148 cm³/mol. The summed E-state index contributed by atoms with van der Waals surface area (Å²) in [5.74, 6) is 0. The van der Waals surface area contributed by atoms with Gasteiger partial charge in [-0.25, -0.2) is 0 Å². The second-order valence-corrected chi connectivity index (χ2v) is 7.92. The highest BCUT2D eigenvalue weighted by Gasteiger charge is 2.20. The number of aliphatic imine (C=N–C) groups is 1. The van der Waals surface area contributed by atoms with E-state index < -0.39 is 0 Å². The third kappa shape index (κ3) is 7.75. The zero-order valence-corrected chi connectivity index (χ0v) is 21.3. The maximum absolute atomic E-state index is 4.56. The first kappa shape index (κ1) is 26.1. The number of rotatable bonds is 6. The molecule has 33 heavy (non-hydrogen) atoms. The highest BCUT2D eigenvalue weighted by atomic mass is 15.2. The second-order valence-electron chi connectivity index (χ2n) is 7.92. The molecule has 1 unspecified atom stereocenters. The third-order valence-electron chi connectivity index (χ3n) is 5.60. The molecule has 2 heteroatoms. The van der Waals surface area contributed by atoms with E-state index in [2.05, 4.69) is 109 Å². The smallest absolute Gasteiger partial charge is 0.0857 e. The van der Waals surface area contributed by atoms with Crippen molar-refractivity contribution in [3.05, 3.63) is 102 Å². The lowest BCUT2D eigenvalue weighted by Crippen LogP contribution is -2.31. The van der Waals surface area contributed by atoms with Crippen LogP contribution in [0.1, 0.15) is 59.1 Å². The zero-order valence-electron chi connectivity index (χ0n) is 21.3. The fraction of sp³-hybridized carbons (Fsp3) is 0.323. The Hall–Kier alpha value is -3.13.